The van der Waals surface area contributed by atoms with Crippen molar-refractivity contribution in [2.45, 2.75) is 6.61 Å². The lowest BCUT2D eigenvalue weighted by Gasteiger charge is -2.07. The van der Waals surface area contributed by atoms with E-state index >= 15 is 0 Å². The van der Waals surface area contributed by atoms with Crippen molar-refractivity contribution in [3.63, 3.8) is 0 Å². The van der Waals surface area contributed by atoms with Crippen molar-refractivity contribution < 1.29 is 18.7 Å². The number of fused-ring (bicyclic) bond motifs is 1. The lowest BCUT2D eigenvalue weighted by atomic mass is 10.2. The molecule has 0 aliphatic carbocycles. The molecule has 0 saturated carbocycles. The van der Waals surface area contributed by atoms with Crippen LogP contribution in [-0.4, -0.2) is 18.1 Å². The third-order valence-electron chi connectivity index (χ3n) is 3.34. The SMILES string of the molecule is COC(=O)c1[nH]c2cccc(F)c2c1OCc1ccccc1. The van der Waals surface area contributed by atoms with Crippen molar-refractivity contribution >= 4 is 16.9 Å². The molecule has 22 heavy (non-hydrogen) atoms. The van der Waals surface area contributed by atoms with Crippen molar-refractivity contribution in [3.8, 4) is 5.75 Å². The first-order chi connectivity index (χ1) is 10.7. The molecule has 0 unspecified atom stereocenters. The minimum Gasteiger partial charge on any atom is -0.486 e. The molecule has 1 heterocycles. The first-order valence-corrected chi connectivity index (χ1v) is 6.76. The molecule has 0 radical (unpaired) electrons. The van der Waals surface area contributed by atoms with Gasteiger partial charge in [0.05, 0.1) is 18.0 Å². The Morgan fingerprint density at radius 2 is 1.91 bits per heavy atom. The second-order valence-electron chi connectivity index (χ2n) is 4.76. The number of nitrogens with one attached hydrogen (secondary N) is 1. The minimum absolute atomic E-state index is 0.110. The highest BCUT2D eigenvalue weighted by Gasteiger charge is 2.22. The molecule has 0 amide bonds. The van der Waals surface area contributed by atoms with Crippen molar-refractivity contribution in [1.29, 1.82) is 0 Å². The molecule has 2 aromatic carbocycles. The average molecular weight is 299 g/mol. The number of methoxy groups -OCH3 is 1. The van der Waals surface area contributed by atoms with Crippen LogP contribution >= 0.6 is 0 Å². The van der Waals surface area contributed by atoms with E-state index in [2.05, 4.69) is 4.98 Å². The van der Waals surface area contributed by atoms with Gasteiger partial charge >= 0.3 is 5.97 Å². The summed E-state index contributed by atoms with van der Waals surface area (Å²) in [5.41, 5.74) is 1.52. The number of ether oxygens (including phenoxy) is 2. The summed E-state index contributed by atoms with van der Waals surface area (Å²) in [5.74, 6) is -0.880. The predicted molar refractivity (Wildman–Crippen MR) is 80.4 cm³/mol. The van der Waals surface area contributed by atoms with Crippen LogP contribution in [0.4, 0.5) is 4.39 Å². The molecule has 3 aromatic rings. The molecule has 3 rings (SSSR count). The molecule has 5 heteroatoms. The molecule has 0 aliphatic rings. The Bertz CT molecular complexity index is 811. The zero-order valence-corrected chi connectivity index (χ0v) is 11.9. The molecular formula is C17H14FNO3. The van der Waals surface area contributed by atoms with E-state index in [0.717, 1.165) is 5.56 Å². The monoisotopic (exact) mass is 299 g/mol. The van der Waals surface area contributed by atoms with E-state index in [0.29, 0.717) is 5.52 Å². The number of rotatable bonds is 4. The third kappa shape index (κ3) is 2.53. The van der Waals surface area contributed by atoms with Crippen LogP contribution in [0.5, 0.6) is 5.75 Å². The van der Waals surface area contributed by atoms with Gasteiger partial charge in [0.25, 0.3) is 0 Å². The Labute approximate surface area is 126 Å². The highest BCUT2D eigenvalue weighted by atomic mass is 19.1. The number of H-pyrrole nitrogens is 1. The zero-order valence-electron chi connectivity index (χ0n) is 11.9. The summed E-state index contributed by atoms with van der Waals surface area (Å²) in [6, 6.07) is 14.0. The second-order valence-corrected chi connectivity index (χ2v) is 4.76. The summed E-state index contributed by atoms with van der Waals surface area (Å²) in [6.07, 6.45) is 0. The van der Waals surface area contributed by atoms with E-state index in [-0.39, 0.29) is 23.4 Å². The molecule has 0 atom stereocenters. The van der Waals surface area contributed by atoms with Crippen LogP contribution < -0.4 is 4.74 Å². The number of esters is 1. The van der Waals surface area contributed by atoms with Gasteiger partial charge in [0.2, 0.25) is 0 Å². The van der Waals surface area contributed by atoms with Crippen molar-refractivity contribution in [3.05, 3.63) is 65.6 Å². The Morgan fingerprint density at radius 3 is 2.64 bits per heavy atom. The van der Waals surface area contributed by atoms with Gasteiger partial charge in [-0.2, -0.15) is 0 Å². The maximum absolute atomic E-state index is 14.1. The van der Waals surface area contributed by atoms with E-state index in [1.807, 2.05) is 30.3 Å². The van der Waals surface area contributed by atoms with Gasteiger partial charge in [-0.25, -0.2) is 9.18 Å². The summed E-state index contributed by atoms with van der Waals surface area (Å²) >= 11 is 0. The van der Waals surface area contributed by atoms with Gasteiger partial charge in [-0.15, -0.1) is 0 Å². The van der Waals surface area contributed by atoms with Crippen LogP contribution in [0.1, 0.15) is 16.1 Å². The summed E-state index contributed by atoms with van der Waals surface area (Å²) in [6.45, 7) is 0.228. The number of hydrogen-bond acceptors (Lipinski definition) is 3. The van der Waals surface area contributed by atoms with Crippen LogP contribution in [-0.2, 0) is 11.3 Å². The van der Waals surface area contributed by atoms with Crippen LogP contribution in [0.2, 0.25) is 0 Å². The third-order valence-corrected chi connectivity index (χ3v) is 3.34. The maximum atomic E-state index is 14.1. The van der Waals surface area contributed by atoms with E-state index in [1.54, 1.807) is 12.1 Å². The molecular weight excluding hydrogens is 285 g/mol. The van der Waals surface area contributed by atoms with Crippen LogP contribution in [0.25, 0.3) is 10.9 Å². The topological polar surface area (TPSA) is 51.3 Å². The van der Waals surface area contributed by atoms with Crippen molar-refractivity contribution in [2.75, 3.05) is 7.11 Å². The fraction of sp³-hybridized carbons (Fsp3) is 0.118. The molecule has 0 aliphatic heterocycles. The predicted octanol–water partition coefficient (Wildman–Crippen LogP) is 3.67. The van der Waals surface area contributed by atoms with Gasteiger partial charge in [-0.1, -0.05) is 36.4 Å². The molecule has 0 bridgehead atoms. The number of benzene rings is 2. The smallest absolute Gasteiger partial charge is 0.358 e. The summed E-state index contributed by atoms with van der Waals surface area (Å²) < 4.78 is 24.5. The van der Waals surface area contributed by atoms with Gasteiger partial charge in [-0.05, 0) is 17.7 Å². The fourth-order valence-corrected chi connectivity index (χ4v) is 2.30. The minimum atomic E-state index is -0.598. The number of aromatic amines is 1. The number of halogens is 1. The van der Waals surface area contributed by atoms with Gasteiger partial charge in [0, 0.05) is 0 Å². The van der Waals surface area contributed by atoms with E-state index < -0.39 is 11.8 Å². The number of carbonyl (C=O) groups excluding carboxylic acids is 1. The Balaban J connectivity index is 2.03. The first kappa shape index (κ1) is 14.1. The molecule has 0 spiro atoms. The number of hydrogen-bond donors (Lipinski definition) is 1. The Hall–Kier alpha value is -2.82. The van der Waals surface area contributed by atoms with Crippen molar-refractivity contribution in [1.82, 2.24) is 4.98 Å². The molecule has 0 saturated heterocycles. The summed E-state index contributed by atoms with van der Waals surface area (Å²) in [5, 5.41) is 0.249. The molecule has 0 fully saturated rings. The van der Waals surface area contributed by atoms with Crippen LogP contribution in [0.15, 0.2) is 48.5 Å². The lowest BCUT2D eigenvalue weighted by molar-refractivity contribution is 0.0590. The molecule has 112 valence electrons. The van der Waals surface area contributed by atoms with E-state index in [9.17, 15) is 9.18 Å². The highest BCUT2D eigenvalue weighted by Crippen LogP contribution is 2.33. The van der Waals surface area contributed by atoms with E-state index in [4.69, 9.17) is 9.47 Å². The second kappa shape index (κ2) is 5.89. The maximum Gasteiger partial charge on any atom is 0.358 e. The molecule has 4 nitrogen and oxygen atoms in total. The zero-order chi connectivity index (χ0) is 15.5. The Morgan fingerprint density at radius 1 is 1.14 bits per heavy atom. The number of aromatic nitrogens is 1. The highest BCUT2D eigenvalue weighted by molar-refractivity contribution is 6.01. The van der Waals surface area contributed by atoms with E-state index in [1.165, 1.54) is 13.2 Å². The first-order valence-electron chi connectivity index (χ1n) is 6.76. The number of carbonyl (C=O) groups is 1. The lowest BCUT2D eigenvalue weighted by Crippen LogP contribution is -2.05. The summed E-state index contributed by atoms with van der Waals surface area (Å²) in [7, 11) is 1.27. The normalized spacial score (nSPS) is 10.6. The van der Waals surface area contributed by atoms with Gasteiger partial charge in [-0.3, -0.25) is 0 Å². The van der Waals surface area contributed by atoms with Crippen LogP contribution in [0.3, 0.4) is 0 Å². The fourth-order valence-electron chi connectivity index (χ4n) is 2.30. The quantitative estimate of drug-likeness (QED) is 0.748. The molecule has 1 N–H and O–H groups in total. The standard InChI is InChI=1S/C17H14FNO3/c1-21-17(20)15-16(22-10-11-6-3-2-4-7-11)14-12(18)8-5-9-13(14)19-15/h2-9,19H,10H2,1H3. The van der Waals surface area contributed by atoms with Crippen molar-refractivity contribution in [2.24, 2.45) is 0 Å². The molecule has 1 aromatic heterocycles. The Kier molecular flexibility index (Phi) is 3.78. The van der Waals surface area contributed by atoms with Gasteiger partial charge < -0.3 is 14.5 Å². The van der Waals surface area contributed by atoms with Gasteiger partial charge in [0.1, 0.15) is 12.4 Å². The average Bonchev–Trinajstić information content (AvgIpc) is 2.93. The summed E-state index contributed by atoms with van der Waals surface area (Å²) in [4.78, 5) is 14.7. The van der Waals surface area contributed by atoms with Crippen LogP contribution in [0, 0.1) is 5.82 Å². The largest absolute Gasteiger partial charge is 0.486 e. The van der Waals surface area contributed by atoms with Gasteiger partial charge in [0.15, 0.2) is 11.4 Å².